The largest absolute Gasteiger partial charge is 0.508 e. The lowest BCUT2D eigenvalue weighted by atomic mass is 10.1. The third-order valence-corrected chi connectivity index (χ3v) is 7.32. The van der Waals surface area contributed by atoms with Crippen molar-refractivity contribution in [3.05, 3.63) is 90.5 Å². The van der Waals surface area contributed by atoms with E-state index < -0.39 is 0 Å². The van der Waals surface area contributed by atoms with Crippen molar-refractivity contribution in [1.82, 2.24) is 24.0 Å². The molecule has 200 valence electrons. The van der Waals surface area contributed by atoms with E-state index in [0.29, 0.717) is 19.7 Å². The van der Waals surface area contributed by atoms with Crippen molar-refractivity contribution in [3.63, 3.8) is 0 Å². The number of likely N-dealkylation sites (tertiary alicyclic amines) is 1. The van der Waals surface area contributed by atoms with Gasteiger partial charge in [-0.15, -0.1) is 0 Å². The van der Waals surface area contributed by atoms with Crippen LogP contribution >= 0.6 is 0 Å². The number of rotatable bonds is 10. The number of phenols is 1. The van der Waals surface area contributed by atoms with Crippen LogP contribution in [0.1, 0.15) is 24.0 Å². The predicted octanol–water partition coefficient (Wildman–Crippen LogP) is 5.19. The van der Waals surface area contributed by atoms with Crippen LogP contribution in [0.2, 0.25) is 0 Å². The van der Waals surface area contributed by atoms with Gasteiger partial charge < -0.3 is 23.7 Å². The van der Waals surface area contributed by atoms with Crippen LogP contribution in [0.3, 0.4) is 0 Å². The van der Waals surface area contributed by atoms with E-state index >= 15 is 0 Å². The first-order valence-corrected chi connectivity index (χ1v) is 13.4. The lowest BCUT2D eigenvalue weighted by molar-refractivity contribution is 0.238. The van der Waals surface area contributed by atoms with Crippen LogP contribution in [0.15, 0.2) is 79.4 Å². The van der Waals surface area contributed by atoms with Crippen molar-refractivity contribution in [1.29, 1.82) is 0 Å². The molecule has 0 bridgehead atoms. The third kappa shape index (κ3) is 5.61. The van der Waals surface area contributed by atoms with Crippen molar-refractivity contribution in [2.45, 2.75) is 25.9 Å². The van der Waals surface area contributed by atoms with Crippen LogP contribution in [0.5, 0.6) is 17.2 Å². The number of hydrogen-bond acceptors (Lipinski definition) is 6. The number of aromatic nitrogens is 4. The van der Waals surface area contributed by atoms with E-state index in [0.717, 1.165) is 51.6 Å². The minimum atomic E-state index is 0.200. The predicted molar refractivity (Wildman–Crippen MR) is 151 cm³/mol. The highest BCUT2D eigenvalue weighted by atomic mass is 16.5. The molecule has 0 radical (unpaired) electrons. The van der Waals surface area contributed by atoms with Gasteiger partial charge in [0.1, 0.15) is 29.7 Å². The van der Waals surface area contributed by atoms with E-state index in [1.54, 1.807) is 31.8 Å². The average Bonchev–Trinajstić information content (AvgIpc) is 3.72. The standard InChI is InChI=1S/C31H33N5O3/c1-38-30-18-23(4-5-25(30)21-35-15-12-32-22-35)20-36-29-11-8-26(37)19-28(29)33-31(36)24-6-9-27(10-7-24)39-17-16-34-13-2-3-14-34/h4-12,15,18-19,22,37H,2-3,13-14,16-17,20-21H2,1H3. The average molecular weight is 524 g/mol. The number of hydrogen-bond donors (Lipinski definition) is 1. The highest BCUT2D eigenvalue weighted by Gasteiger charge is 2.16. The Morgan fingerprint density at radius 1 is 0.949 bits per heavy atom. The first-order valence-electron chi connectivity index (χ1n) is 13.4. The van der Waals surface area contributed by atoms with E-state index in [2.05, 4.69) is 44.8 Å². The van der Waals surface area contributed by atoms with Gasteiger partial charge in [-0.05, 0) is 74.0 Å². The molecule has 8 heteroatoms. The highest BCUT2D eigenvalue weighted by Crippen LogP contribution is 2.30. The molecule has 0 aliphatic carbocycles. The fourth-order valence-corrected chi connectivity index (χ4v) is 5.28. The normalized spacial score (nSPS) is 13.8. The zero-order valence-corrected chi connectivity index (χ0v) is 22.2. The summed E-state index contributed by atoms with van der Waals surface area (Å²) >= 11 is 0. The number of nitrogens with zero attached hydrogens (tertiary/aromatic N) is 5. The first kappa shape index (κ1) is 25.0. The van der Waals surface area contributed by atoms with Gasteiger partial charge in [0.25, 0.3) is 0 Å². The van der Waals surface area contributed by atoms with Crippen molar-refractivity contribution in [3.8, 4) is 28.6 Å². The molecule has 5 aromatic rings. The second-order valence-electron chi connectivity index (χ2n) is 10.00. The Kier molecular flexibility index (Phi) is 7.19. The van der Waals surface area contributed by atoms with E-state index in [1.807, 2.05) is 29.0 Å². The van der Waals surface area contributed by atoms with Crippen LogP contribution in [0.25, 0.3) is 22.4 Å². The third-order valence-electron chi connectivity index (χ3n) is 7.32. The number of aromatic hydroxyl groups is 1. The summed E-state index contributed by atoms with van der Waals surface area (Å²) < 4.78 is 16.0. The molecule has 0 unspecified atom stereocenters. The Morgan fingerprint density at radius 2 is 1.79 bits per heavy atom. The first-order chi connectivity index (χ1) is 19.2. The van der Waals surface area contributed by atoms with E-state index in [1.165, 1.54) is 25.9 Å². The molecule has 6 rings (SSSR count). The number of ether oxygens (including phenoxy) is 2. The van der Waals surface area contributed by atoms with Gasteiger partial charge in [0.05, 0.1) is 31.0 Å². The Bertz CT molecular complexity index is 1540. The molecule has 8 nitrogen and oxygen atoms in total. The molecule has 3 aromatic carbocycles. The highest BCUT2D eigenvalue weighted by molar-refractivity contribution is 5.82. The monoisotopic (exact) mass is 523 g/mol. The second kappa shape index (κ2) is 11.2. The Morgan fingerprint density at radius 3 is 2.56 bits per heavy atom. The van der Waals surface area contributed by atoms with E-state index in [9.17, 15) is 5.11 Å². The molecule has 1 aliphatic heterocycles. The quantitative estimate of drug-likeness (QED) is 0.272. The topological polar surface area (TPSA) is 77.6 Å². The van der Waals surface area contributed by atoms with Gasteiger partial charge in [-0.1, -0.05) is 12.1 Å². The fraction of sp³-hybridized carbons (Fsp3) is 0.290. The maximum Gasteiger partial charge on any atom is 0.141 e. The maximum atomic E-state index is 10.1. The lowest BCUT2D eigenvalue weighted by Gasteiger charge is -2.15. The molecule has 0 spiro atoms. The number of phenolic OH excluding ortho intramolecular Hbond substituents is 1. The summed E-state index contributed by atoms with van der Waals surface area (Å²) in [6.07, 6.45) is 8.09. The number of benzene rings is 3. The molecule has 3 heterocycles. The molecule has 2 aromatic heterocycles. The van der Waals surface area contributed by atoms with E-state index in [4.69, 9.17) is 14.5 Å². The van der Waals surface area contributed by atoms with Gasteiger partial charge in [0, 0.05) is 42.7 Å². The lowest BCUT2D eigenvalue weighted by Crippen LogP contribution is -2.25. The van der Waals surface area contributed by atoms with Crippen molar-refractivity contribution in [2.24, 2.45) is 0 Å². The van der Waals surface area contributed by atoms with Gasteiger partial charge in [-0.3, -0.25) is 4.90 Å². The van der Waals surface area contributed by atoms with Crippen LogP contribution in [-0.4, -0.2) is 62.5 Å². The Balaban J connectivity index is 1.26. The molecule has 1 saturated heterocycles. The summed E-state index contributed by atoms with van der Waals surface area (Å²) in [6.45, 7) is 5.29. The smallest absolute Gasteiger partial charge is 0.141 e. The number of methoxy groups -OCH3 is 1. The van der Waals surface area contributed by atoms with Crippen LogP contribution in [0, 0.1) is 0 Å². The molecular formula is C31H33N5O3. The van der Waals surface area contributed by atoms with Crippen LogP contribution < -0.4 is 9.47 Å². The molecule has 1 fully saturated rings. The molecule has 0 atom stereocenters. The van der Waals surface area contributed by atoms with Crippen LogP contribution in [0.4, 0.5) is 0 Å². The Hall–Kier alpha value is -4.30. The van der Waals surface area contributed by atoms with Crippen molar-refractivity contribution < 1.29 is 14.6 Å². The number of imidazole rings is 2. The summed E-state index contributed by atoms with van der Waals surface area (Å²) in [6, 6.07) is 19.8. The summed E-state index contributed by atoms with van der Waals surface area (Å²) in [5, 5.41) is 10.1. The molecule has 1 aliphatic rings. The van der Waals surface area contributed by atoms with Gasteiger partial charge in [-0.25, -0.2) is 9.97 Å². The van der Waals surface area contributed by atoms with Crippen molar-refractivity contribution >= 4 is 11.0 Å². The van der Waals surface area contributed by atoms with Gasteiger partial charge in [0.15, 0.2) is 0 Å². The number of fused-ring (bicyclic) bond motifs is 1. The van der Waals surface area contributed by atoms with Crippen LogP contribution in [-0.2, 0) is 13.1 Å². The summed E-state index contributed by atoms with van der Waals surface area (Å²) in [4.78, 5) is 11.5. The SMILES string of the molecule is COc1cc(Cn2c(-c3ccc(OCCN4CCCC4)cc3)nc3cc(O)ccc32)ccc1Cn1ccnc1. The zero-order valence-electron chi connectivity index (χ0n) is 22.2. The fourth-order valence-electron chi connectivity index (χ4n) is 5.28. The maximum absolute atomic E-state index is 10.1. The Labute approximate surface area is 228 Å². The minimum absolute atomic E-state index is 0.200. The van der Waals surface area contributed by atoms with Gasteiger partial charge in [0.2, 0.25) is 0 Å². The summed E-state index contributed by atoms with van der Waals surface area (Å²) in [5.41, 5.74) is 4.87. The van der Waals surface area contributed by atoms with E-state index in [-0.39, 0.29) is 5.75 Å². The summed E-state index contributed by atoms with van der Waals surface area (Å²) in [7, 11) is 1.70. The summed E-state index contributed by atoms with van der Waals surface area (Å²) in [5.74, 6) is 2.73. The minimum Gasteiger partial charge on any atom is -0.508 e. The molecule has 0 saturated carbocycles. The van der Waals surface area contributed by atoms with Crippen molar-refractivity contribution in [2.75, 3.05) is 33.4 Å². The molecule has 39 heavy (non-hydrogen) atoms. The zero-order chi connectivity index (χ0) is 26.6. The second-order valence-corrected chi connectivity index (χ2v) is 10.00. The molecular weight excluding hydrogens is 490 g/mol. The molecule has 1 N–H and O–H groups in total. The van der Waals surface area contributed by atoms with Gasteiger partial charge >= 0.3 is 0 Å². The van der Waals surface area contributed by atoms with Gasteiger partial charge in [-0.2, -0.15) is 0 Å². The molecule has 0 amide bonds.